The first-order chi connectivity index (χ1) is 24.3. The van der Waals surface area contributed by atoms with E-state index in [1.165, 1.54) is 16.2 Å². The average molecular weight is 626 g/mol. The van der Waals surface area contributed by atoms with Crippen molar-refractivity contribution in [1.29, 1.82) is 0 Å². The number of aromatic nitrogens is 3. The highest BCUT2D eigenvalue weighted by atomic mass is 16.3. The molecule has 228 valence electrons. The third kappa shape index (κ3) is 4.57. The van der Waals surface area contributed by atoms with Crippen molar-refractivity contribution in [2.24, 2.45) is 0 Å². The predicted molar refractivity (Wildman–Crippen MR) is 201 cm³/mol. The van der Waals surface area contributed by atoms with Gasteiger partial charge in [-0.15, -0.1) is 0 Å². The molecular weight excluding hydrogens is 599 g/mol. The molecule has 4 heteroatoms. The highest BCUT2D eigenvalue weighted by molar-refractivity contribution is 6.14. The fraction of sp³-hybridized carbons (Fsp3) is 0. The van der Waals surface area contributed by atoms with Gasteiger partial charge in [-0.25, -0.2) is 15.0 Å². The van der Waals surface area contributed by atoms with Gasteiger partial charge in [-0.1, -0.05) is 133 Å². The summed E-state index contributed by atoms with van der Waals surface area (Å²) < 4.78 is 6.49. The van der Waals surface area contributed by atoms with Crippen LogP contribution in [0.4, 0.5) is 0 Å². The van der Waals surface area contributed by atoms with Crippen LogP contribution in [-0.2, 0) is 0 Å². The summed E-state index contributed by atoms with van der Waals surface area (Å²) in [6.45, 7) is 0. The first-order valence-corrected chi connectivity index (χ1v) is 16.4. The summed E-state index contributed by atoms with van der Waals surface area (Å²) in [5.74, 6) is 1.83. The normalized spacial score (nSPS) is 11.7. The number of para-hydroxylation sites is 1. The molecule has 2 heterocycles. The van der Waals surface area contributed by atoms with Gasteiger partial charge < -0.3 is 4.42 Å². The molecule has 0 amide bonds. The molecule has 0 aliphatic heterocycles. The molecule has 0 radical (unpaired) electrons. The maximum atomic E-state index is 6.49. The number of benzene rings is 8. The van der Waals surface area contributed by atoms with E-state index in [-0.39, 0.29) is 0 Å². The van der Waals surface area contributed by atoms with Crippen LogP contribution in [0.15, 0.2) is 168 Å². The van der Waals surface area contributed by atoms with Crippen molar-refractivity contribution in [2.75, 3.05) is 0 Å². The highest BCUT2D eigenvalue weighted by Crippen LogP contribution is 2.41. The smallest absolute Gasteiger partial charge is 0.164 e. The molecule has 0 N–H and O–H groups in total. The third-order valence-corrected chi connectivity index (χ3v) is 9.47. The Balaban J connectivity index is 1.28. The Morgan fingerprint density at radius 1 is 0.327 bits per heavy atom. The van der Waals surface area contributed by atoms with E-state index in [0.29, 0.717) is 17.5 Å². The zero-order valence-corrected chi connectivity index (χ0v) is 26.3. The highest BCUT2D eigenvalue weighted by Gasteiger charge is 2.20. The standard InChI is InChI=1S/C45H27N3O/c1-2-13-29(14-3-1)38-26-33(27-41-42(38)37-20-10-11-21-40(37)49-41)44-46-43(32-23-22-28-12-4-5-15-30(28)24-32)47-45(48-44)39-25-31-16-6-7-17-34(31)35-18-8-9-19-36(35)39/h1-27H. The van der Waals surface area contributed by atoms with E-state index >= 15 is 0 Å². The van der Waals surface area contributed by atoms with Gasteiger partial charge >= 0.3 is 0 Å². The number of hydrogen-bond acceptors (Lipinski definition) is 4. The van der Waals surface area contributed by atoms with E-state index in [9.17, 15) is 0 Å². The Bertz CT molecular complexity index is 2890. The summed E-state index contributed by atoms with van der Waals surface area (Å²) in [6, 6.07) is 56.9. The van der Waals surface area contributed by atoms with Gasteiger partial charge in [0.25, 0.3) is 0 Å². The topological polar surface area (TPSA) is 51.8 Å². The van der Waals surface area contributed by atoms with Crippen molar-refractivity contribution in [3.05, 3.63) is 164 Å². The van der Waals surface area contributed by atoms with Crippen molar-refractivity contribution in [3.8, 4) is 45.3 Å². The lowest BCUT2D eigenvalue weighted by Crippen LogP contribution is -2.01. The van der Waals surface area contributed by atoms with Crippen molar-refractivity contribution >= 4 is 54.3 Å². The molecule has 0 spiro atoms. The van der Waals surface area contributed by atoms with Crippen molar-refractivity contribution < 1.29 is 4.42 Å². The SMILES string of the molecule is c1ccc(-c2cc(-c3nc(-c4ccc5ccccc5c4)nc(-c4cc5ccccc5c5ccccc45)n3)cc3oc4ccccc4c23)cc1. The summed E-state index contributed by atoms with van der Waals surface area (Å²) in [7, 11) is 0. The molecule has 8 aromatic carbocycles. The average Bonchev–Trinajstić information content (AvgIpc) is 3.56. The number of rotatable bonds is 4. The maximum Gasteiger partial charge on any atom is 0.164 e. The molecule has 2 aromatic heterocycles. The van der Waals surface area contributed by atoms with Crippen LogP contribution in [0, 0.1) is 0 Å². The van der Waals surface area contributed by atoms with Crippen LogP contribution in [-0.4, -0.2) is 15.0 Å². The predicted octanol–water partition coefficient (Wildman–Crippen LogP) is 11.9. The lowest BCUT2D eigenvalue weighted by molar-refractivity contribution is 0.669. The quantitative estimate of drug-likeness (QED) is 0.183. The molecule has 0 aliphatic carbocycles. The van der Waals surface area contributed by atoms with Crippen molar-refractivity contribution in [3.63, 3.8) is 0 Å². The van der Waals surface area contributed by atoms with Gasteiger partial charge in [0.15, 0.2) is 17.5 Å². The lowest BCUT2D eigenvalue weighted by atomic mass is 9.96. The van der Waals surface area contributed by atoms with E-state index < -0.39 is 0 Å². The summed E-state index contributed by atoms with van der Waals surface area (Å²) in [5, 5.41) is 9.07. The van der Waals surface area contributed by atoms with Crippen LogP contribution in [0.5, 0.6) is 0 Å². The Labute approximate surface area is 282 Å². The summed E-state index contributed by atoms with van der Waals surface area (Å²) in [4.78, 5) is 15.6. The molecule has 0 bridgehead atoms. The molecule has 49 heavy (non-hydrogen) atoms. The first kappa shape index (κ1) is 27.5. The zero-order valence-electron chi connectivity index (χ0n) is 26.3. The van der Waals surface area contributed by atoms with Crippen LogP contribution in [0.3, 0.4) is 0 Å². The fourth-order valence-electron chi connectivity index (χ4n) is 7.15. The van der Waals surface area contributed by atoms with Crippen LogP contribution in [0.1, 0.15) is 0 Å². The molecule has 0 saturated carbocycles. The van der Waals surface area contributed by atoms with Gasteiger partial charge in [0.2, 0.25) is 0 Å². The number of fused-ring (bicyclic) bond motifs is 7. The van der Waals surface area contributed by atoms with Gasteiger partial charge in [0.1, 0.15) is 11.2 Å². The zero-order chi connectivity index (χ0) is 32.3. The summed E-state index contributed by atoms with van der Waals surface area (Å²) in [6.07, 6.45) is 0. The van der Waals surface area contributed by atoms with E-state index in [1.54, 1.807) is 0 Å². The van der Waals surface area contributed by atoms with E-state index in [2.05, 4.69) is 146 Å². The minimum atomic E-state index is 0.588. The molecule has 0 saturated heterocycles. The minimum absolute atomic E-state index is 0.588. The Morgan fingerprint density at radius 3 is 1.80 bits per heavy atom. The molecule has 10 aromatic rings. The Morgan fingerprint density at radius 2 is 0.959 bits per heavy atom. The van der Waals surface area contributed by atoms with Crippen LogP contribution in [0.2, 0.25) is 0 Å². The van der Waals surface area contributed by atoms with E-state index in [1.807, 2.05) is 18.2 Å². The molecular formula is C45H27N3O. The molecule has 4 nitrogen and oxygen atoms in total. The molecule has 0 atom stereocenters. The van der Waals surface area contributed by atoms with Crippen molar-refractivity contribution in [2.45, 2.75) is 0 Å². The van der Waals surface area contributed by atoms with E-state index in [4.69, 9.17) is 19.4 Å². The van der Waals surface area contributed by atoms with Crippen LogP contribution >= 0.6 is 0 Å². The minimum Gasteiger partial charge on any atom is -0.456 e. The van der Waals surface area contributed by atoms with Crippen LogP contribution in [0.25, 0.3) is 99.5 Å². The fourth-order valence-corrected chi connectivity index (χ4v) is 7.15. The molecule has 0 fully saturated rings. The third-order valence-electron chi connectivity index (χ3n) is 9.47. The number of nitrogens with zero attached hydrogens (tertiary/aromatic N) is 3. The Hall–Kier alpha value is -6.65. The van der Waals surface area contributed by atoms with Gasteiger partial charge in [-0.3, -0.25) is 0 Å². The molecule has 0 unspecified atom stereocenters. The second-order valence-electron chi connectivity index (χ2n) is 12.4. The summed E-state index contributed by atoms with van der Waals surface area (Å²) >= 11 is 0. The van der Waals surface area contributed by atoms with Gasteiger partial charge in [-0.2, -0.15) is 0 Å². The molecule has 10 rings (SSSR count). The summed E-state index contributed by atoms with van der Waals surface area (Å²) in [5.41, 5.74) is 6.58. The lowest BCUT2D eigenvalue weighted by Gasteiger charge is -2.13. The first-order valence-electron chi connectivity index (χ1n) is 16.4. The number of hydrogen-bond donors (Lipinski definition) is 0. The molecule has 0 aliphatic rings. The van der Waals surface area contributed by atoms with Gasteiger partial charge in [-0.05, 0) is 73.8 Å². The maximum absolute atomic E-state index is 6.49. The van der Waals surface area contributed by atoms with Gasteiger partial charge in [0, 0.05) is 27.5 Å². The largest absolute Gasteiger partial charge is 0.456 e. The number of furan rings is 1. The van der Waals surface area contributed by atoms with Crippen LogP contribution < -0.4 is 0 Å². The Kier molecular flexibility index (Phi) is 6.15. The second-order valence-corrected chi connectivity index (χ2v) is 12.4. The monoisotopic (exact) mass is 625 g/mol. The van der Waals surface area contributed by atoms with E-state index in [0.717, 1.165) is 65.9 Å². The second kappa shape index (κ2) is 11.0. The van der Waals surface area contributed by atoms with Crippen molar-refractivity contribution in [1.82, 2.24) is 15.0 Å². The van der Waals surface area contributed by atoms with Gasteiger partial charge in [0.05, 0.1) is 0 Å².